The van der Waals surface area contributed by atoms with Gasteiger partial charge in [0.15, 0.2) is 23.0 Å². The summed E-state index contributed by atoms with van der Waals surface area (Å²) in [6.07, 6.45) is 5.64. The molecule has 5 rings (SSSR count). The Labute approximate surface area is 176 Å². The first-order valence-electron chi connectivity index (χ1n) is 9.34. The van der Waals surface area contributed by atoms with E-state index in [1.165, 1.54) is 10.3 Å². The number of thiophene rings is 1. The summed E-state index contributed by atoms with van der Waals surface area (Å²) in [7, 11) is 3.23. The molecule has 0 aliphatic carbocycles. The van der Waals surface area contributed by atoms with Gasteiger partial charge in [-0.05, 0) is 42.8 Å². The molecule has 1 aromatic carbocycles. The minimum Gasteiger partial charge on any atom is -0.493 e. The van der Waals surface area contributed by atoms with Crippen molar-refractivity contribution in [3.63, 3.8) is 0 Å². The van der Waals surface area contributed by atoms with E-state index < -0.39 is 0 Å². The highest BCUT2D eigenvalue weighted by Crippen LogP contribution is 2.35. The van der Waals surface area contributed by atoms with Gasteiger partial charge in [0.25, 0.3) is 0 Å². The van der Waals surface area contributed by atoms with Crippen LogP contribution in [0.15, 0.2) is 55.0 Å². The molecule has 0 radical (unpaired) electrons. The zero-order chi connectivity index (χ0) is 20.7. The predicted molar refractivity (Wildman–Crippen MR) is 119 cm³/mol. The van der Waals surface area contributed by atoms with Crippen molar-refractivity contribution in [2.24, 2.45) is 0 Å². The van der Waals surface area contributed by atoms with E-state index >= 15 is 0 Å². The maximum atomic E-state index is 5.38. The van der Waals surface area contributed by atoms with Gasteiger partial charge in [0.2, 0.25) is 0 Å². The van der Waals surface area contributed by atoms with Crippen molar-refractivity contribution in [1.29, 1.82) is 0 Å². The Morgan fingerprint density at radius 3 is 2.63 bits per heavy atom. The molecular formula is C22H19N5O2S. The minimum absolute atomic E-state index is 0.654. The molecule has 30 heavy (non-hydrogen) atoms. The lowest BCUT2D eigenvalue weighted by molar-refractivity contribution is 0.355. The lowest BCUT2D eigenvalue weighted by atomic mass is 10.2. The van der Waals surface area contributed by atoms with Gasteiger partial charge in [0.1, 0.15) is 5.69 Å². The first-order valence-corrected chi connectivity index (χ1v) is 10.2. The van der Waals surface area contributed by atoms with Crippen molar-refractivity contribution in [1.82, 2.24) is 19.6 Å². The molecule has 1 N–H and O–H groups in total. The third-order valence-electron chi connectivity index (χ3n) is 4.87. The van der Waals surface area contributed by atoms with E-state index in [1.54, 1.807) is 25.6 Å². The Morgan fingerprint density at radius 1 is 0.967 bits per heavy atom. The van der Waals surface area contributed by atoms with E-state index in [0.29, 0.717) is 17.3 Å². The van der Waals surface area contributed by atoms with Gasteiger partial charge in [-0.25, -0.2) is 9.50 Å². The largest absolute Gasteiger partial charge is 0.493 e. The van der Waals surface area contributed by atoms with Crippen molar-refractivity contribution in [3.8, 4) is 22.1 Å². The molecule has 0 fully saturated rings. The molecule has 0 bridgehead atoms. The van der Waals surface area contributed by atoms with Crippen LogP contribution in [0.5, 0.6) is 11.5 Å². The topological polar surface area (TPSA) is 73.6 Å². The number of benzene rings is 1. The number of nitrogens with zero attached hydrogens (tertiary/aromatic N) is 4. The molecule has 0 amide bonds. The van der Waals surface area contributed by atoms with Crippen molar-refractivity contribution < 1.29 is 9.47 Å². The number of pyridine rings is 1. The maximum absolute atomic E-state index is 5.38. The fraction of sp³-hybridized carbons (Fsp3) is 0.136. The van der Waals surface area contributed by atoms with E-state index in [4.69, 9.17) is 14.6 Å². The number of hydrogen-bond donors (Lipinski definition) is 1. The normalized spacial score (nSPS) is 11.2. The van der Waals surface area contributed by atoms with Crippen LogP contribution in [0.3, 0.4) is 0 Å². The molecule has 0 unspecified atom stereocenters. The molecule has 5 aromatic rings. The molecule has 0 saturated heterocycles. The number of imidazole rings is 1. The number of methoxy groups -OCH3 is 2. The summed E-state index contributed by atoms with van der Waals surface area (Å²) in [6.45, 7) is 2.08. The Bertz CT molecular complexity index is 1380. The van der Waals surface area contributed by atoms with Crippen LogP contribution in [-0.4, -0.2) is 33.8 Å². The lowest BCUT2D eigenvalue weighted by Gasteiger charge is -2.11. The smallest absolute Gasteiger partial charge is 0.162 e. The van der Waals surface area contributed by atoms with E-state index in [1.807, 2.05) is 53.4 Å². The number of rotatable bonds is 5. The average Bonchev–Trinajstić information content (AvgIpc) is 3.38. The molecule has 0 saturated carbocycles. The highest BCUT2D eigenvalue weighted by Gasteiger charge is 2.13. The van der Waals surface area contributed by atoms with Crippen LogP contribution in [0.25, 0.3) is 26.3 Å². The summed E-state index contributed by atoms with van der Waals surface area (Å²) in [5, 5.41) is 9.21. The predicted octanol–water partition coefficient (Wildman–Crippen LogP) is 5.08. The van der Waals surface area contributed by atoms with Crippen molar-refractivity contribution in [2.75, 3.05) is 19.5 Å². The number of ether oxygens (including phenoxy) is 2. The first-order chi connectivity index (χ1) is 14.7. The average molecular weight is 417 g/mol. The molecular weight excluding hydrogens is 398 g/mol. The van der Waals surface area contributed by atoms with E-state index in [0.717, 1.165) is 27.3 Å². The van der Waals surface area contributed by atoms with E-state index in [-0.39, 0.29) is 0 Å². The van der Waals surface area contributed by atoms with Crippen LogP contribution in [0.2, 0.25) is 0 Å². The third-order valence-corrected chi connectivity index (χ3v) is 6.18. The summed E-state index contributed by atoms with van der Waals surface area (Å²) in [5.41, 5.74) is 3.75. The van der Waals surface area contributed by atoms with E-state index in [2.05, 4.69) is 28.3 Å². The van der Waals surface area contributed by atoms with Gasteiger partial charge in [-0.2, -0.15) is 0 Å². The fourth-order valence-corrected chi connectivity index (χ4v) is 4.49. The summed E-state index contributed by atoms with van der Waals surface area (Å²) < 4.78 is 13.8. The highest BCUT2D eigenvalue weighted by atomic mass is 32.1. The second-order valence-corrected chi connectivity index (χ2v) is 7.86. The van der Waals surface area contributed by atoms with Crippen LogP contribution >= 0.6 is 11.3 Å². The summed E-state index contributed by atoms with van der Waals surface area (Å²) in [4.78, 5) is 9.91. The van der Waals surface area contributed by atoms with Crippen molar-refractivity contribution in [3.05, 3.63) is 60.6 Å². The maximum Gasteiger partial charge on any atom is 0.162 e. The summed E-state index contributed by atoms with van der Waals surface area (Å²) in [6, 6.07) is 11.6. The molecule has 0 aliphatic rings. The number of nitrogens with one attached hydrogen (secondary N) is 1. The molecule has 4 heterocycles. The monoisotopic (exact) mass is 417 g/mol. The molecule has 8 heteroatoms. The van der Waals surface area contributed by atoms with Crippen molar-refractivity contribution >= 4 is 38.6 Å². The molecule has 0 atom stereocenters. The summed E-state index contributed by atoms with van der Waals surface area (Å²) in [5.74, 6) is 2.03. The Kier molecular flexibility index (Phi) is 4.48. The van der Waals surface area contributed by atoms with Crippen LogP contribution in [0.1, 0.15) is 5.56 Å². The number of aryl methyl sites for hydroxylation is 1. The number of anilines is 2. The number of fused-ring (bicyclic) bond motifs is 2. The number of hydrogen-bond acceptors (Lipinski definition) is 7. The standard InChI is InChI=1S/C22H19N5O2S/c1-13-10-23-11-14-8-19(30-22(13)14)16-12-24-21-7-6-20(26-27(16)21)25-15-4-5-17(28-2)18(9-15)29-3/h4-12H,1-3H3,(H,25,26). The van der Waals surface area contributed by atoms with Crippen LogP contribution in [-0.2, 0) is 0 Å². The van der Waals surface area contributed by atoms with E-state index in [9.17, 15) is 0 Å². The van der Waals surface area contributed by atoms with Crippen LogP contribution in [0.4, 0.5) is 11.5 Å². The quantitative estimate of drug-likeness (QED) is 0.430. The van der Waals surface area contributed by atoms with Gasteiger partial charge in [0.05, 0.1) is 25.3 Å². The molecule has 0 spiro atoms. The van der Waals surface area contributed by atoms with Crippen LogP contribution in [0, 0.1) is 6.92 Å². The van der Waals surface area contributed by atoms with Gasteiger partial charge in [-0.15, -0.1) is 16.4 Å². The molecule has 7 nitrogen and oxygen atoms in total. The number of aromatic nitrogens is 4. The highest BCUT2D eigenvalue weighted by molar-refractivity contribution is 7.22. The SMILES string of the molecule is COc1ccc(Nc2ccc3ncc(-c4cc5cncc(C)c5s4)n3n2)cc1OC. The van der Waals surface area contributed by atoms with Gasteiger partial charge < -0.3 is 14.8 Å². The first kappa shape index (κ1) is 18.4. The zero-order valence-electron chi connectivity index (χ0n) is 16.7. The Hall–Kier alpha value is -3.65. The lowest BCUT2D eigenvalue weighted by Crippen LogP contribution is -2.00. The Balaban J connectivity index is 1.54. The molecule has 0 aliphatic heterocycles. The van der Waals surface area contributed by atoms with Gasteiger partial charge in [0, 0.05) is 34.2 Å². The third kappa shape index (κ3) is 3.11. The second kappa shape index (κ2) is 7.31. The molecule has 150 valence electrons. The Morgan fingerprint density at radius 2 is 1.83 bits per heavy atom. The van der Waals surface area contributed by atoms with Crippen LogP contribution < -0.4 is 14.8 Å². The summed E-state index contributed by atoms with van der Waals surface area (Å²) >= 11 is 1.72. The zero-order valence-corrected chi connectivity index (χ0v) is 17.5. The molecule has 4 aromatic heterocycles. The van der Waals surface area contributed by atoms with Gasteiger partial charge >= 0.3 is 0 Å². The van der Waals surface area contributed by atoms with Gasteiger partial charge in [-0.1, -0.05) is 0 Å². The minimum atomic E-state index is 0.654. The van der Waals surface area contributed by atoms with Gasteiger partial charge in [-0.3, -0.25) is 4.98 Å². The van der Waals surface area contributed by atoms with Crippen molar-refractivity contribution in [2.45, 2.75) is 6.92 Å². The fourth-order valence-electron chi connectivity index (χ4n) is 3.39. The second-order valence-electron chi connectivity index (χ2n) is 6.81.